The van der Waals surface area contributed by atoms with Crippen LogP contribution in [0.2, 0.25) is 0 Å². The van der Waals surface area contributed by atoms with E-state index in [1.54, 1.807) is 23.6 Å². The van der Waals surface area contributed by atoms with Crippen LogP contribution < -0.4 is 15.3 Å². The van der Waals surface area contributed by atoms with Crippen molar-refractivity contribution in [2.75, 3.05) is 0 Å². The van der Waals surface area contributed by atoms with Crippen LogP contribution in [0.4, 0.5) is 0 Å². The molecule has 106 valence electrons. The molecule has 1 aromatic heterocycles. The predicted octanol–water partition coefficient (Wildman–Crippen LogP) is 0.549. The molecule has 2 aromatic rings. The van der Waals surface area contributed by atoms with Crippen molar-refractivity contribution in [2.45, 2.75) is 11.4 Å². The van der Waals surface area contributed by atoms with Gasteiger partial charge in [0.05, 0.1) is 11.4 Å². The molecule has 0 aliphatic carbocycles. The van der Waals surface area contributed by atoms with Gasteiger partial charge in [0.1, 0.15) is 4.99 Å². The van der Waals surface area contributed by atoms with Crippen LogP contribution in [-0.4, -0.2) is 18.4 Å². The maximum atomic E-state index is 12.2. The number of nitrogens with two attached hydrogens (primary N) is 1. The molecule has 0 radical (unpaired) electrons. The summed E-state index contributed by atoms with van der Waals surface area (Å²) in [7, 11) is -3.76. The summed E-state index contributed by atoms with van der Waals surface area (Å²) in [6.07, 6.45) is 0. The Labute approximate surface area is 124 Å². The van der Waals surface area contributed by atoms with Crippen molar-refractivity contribution in [3.05, 3.63) is 50.6 Å². The number of thiazole rings is 1. The van der Waals surface area contributed by atoms with E-state index in [9.17, 15) is 13.2 Å². The van der Waals surface area contributed by atoms with E-state index in [-0.39, 0.29) is 26.9 Å². The first-order chi connectivity index (χ1) is 9.40. The van der Waals surface area contributed by atoms with Crippen molar-refractivity contribution in [1.29, 1.82) is 0 Å². The van der Waals surface area contributed by atoms with Gasteiger partial charge in [-0.15, -0.1) is 0 Å². The fourth-order valence-corrected chi connectivity index (χ4v) is 3.61. The minimum absolute atomic E-state index is 0.00720. The molecule has 1 aromatic carbocycles. The number of nitrogens with one attached hydrogen (secondary N) is 2. The van der Waals surface area contributed by atoms with E-state index in [0.29, 0.717) is 5.69 Å². The summed E-state index contributed by atoms with van der Waals surface area (Å²) in [5, 5.41) is 1.56. The minimum Gasteiger partial charge on any atom is -0.389 e. The highest BCUT2D eigenvalue weighted by Gasteiger charge is 2.19. The molecule has 0 saturated carbocycles. The molecule has 1 heterocycles. The Balaban J connectivity index is 2.27. The molecule has 6 nitrogen and oxygen atoms in total. The summed E-state index contributed by atoms with van der Waals surface area (Å²) in [4.78, 5) is 13.3. The van der Waals surface area contributed by atoms with Gasteiger partial charge in [-0.2, -0.15) is 0 Å². The number of H-pyrrole nitrogens is 1. The van der Waals surface area contributed by atoms with Crippen molar-refractivity contribution in [2.24, 2.45) is 5.73 Å². The zero-order chi connectivity index (χ0) is 14.8. The topological polar surface area (TPSA) is 105 Å². The Morgan fingerprint density at radius 1 is 1.40 bits per heavy atom. The first-order valence-corrected chi connectivity index (χ1v) is 8.22. The number of aromatic nitrogens is 1. The maximum absolute atomic E-state index is 12.2. The van der Waals surface area contributed by atoms with E-state index in [1.807, 2.05) is 0 Å². The molecule has 0 aliphatic heterocycles. The smallest absolute Gasteiger partial charge is 0.304 e. The van der Waals surface area contributed by atoms with E-state index >= 15 is 0 Å². The standard InChI is InChI=1S/C11H11N3O3S3/c12-10(18)8-3-1-2-4-9(8)20(16,17)13-5-7-6-19-11(15)14-7/h1-4,6,13H,5H2,(H2,12,18)(H,14,15). The van der Waals surface area contributed by atoms with Gasteiger partial charge in [-0.25, -0.2) is 13.1 Å². The number of rotatable bonds is 5. The summed E-state index contributed by atoms with van der Waals surface area (Å²) < 4.78 is 26.8. The molecule has 0 spiro atoms. The van der Waals surface area contributed by atoms with Crippen LogP contribution in [-0.2, 0) is 16.6 Å². The van der Waals surface area contributed by atoms with Crippen LogP contribution >= 0.6 is 23.6 Å². The molecule has 4 N–H and O–H groups in total. The fraction of sp³-hybridized carbons (Fsp3) is 0.0909. The quantitative estimate of drug-likeness (QED) is 0.695. The van der Waals surface area contributed by atoms with Gasteiger partial charge in [0.15, 0.2) is 0 Å². The second-order valence-electron chi connectivity index (χ2n) is 3.86. The van der Waals surface area contributed by atoms with Gasteiger partial charge in [0, 0.05) is 16.6 Å². The van der Waals surface area contributed by atoms with Crippen LogP contribution in [0.5, 0.6) is 0 Å². The summed E-state index contributed by atoms with van der Waals surface area (Å²) in [6.45, 7) is -0.00720. The number of thiocarbonyl (C=S) groups is 1. The molecular weight excluding hydrogens is 318 g/mol. The summed E-state index contributed by atoms with van der Waals surface area (Å²) in [6, 6.07) is 6.21. The van der Waals surface area contributed by atoms with E-state index in [0.717, 1.165) is 11.3 Å². The highest BCUT2D eigenvalue weighted by atomic mass is 32.2. The second kappa shape index (κ2) is 5.83. The van der Waals surface area contributed by atoms with Crippen LogP contribution in [0.3, 0.4) is 0 Å². The molecule has 9 heteroatoms. The zero-order valence-electron chi connectivity index (χ0n) is 10.1. The lowest BCUT2D eigenvalue weighted by molar-refractivity contribution is 0.580. The summed E-state index contributed by atoms with van der Waals surface area (Å²) in [5.41, 5.74) is 6.30. The molecule has 0 amide bonds. The third-order valence-corrected chi connectivity index (χ3v) is 4.86. The lowest BCUT2D eigenvalue weighted by atomic mass is 10.2. The largest absolute Gasteiger partial charge is 0.389 e. The van der Waals surface area contributed by atoms with Gasteiger partial charge in [-0.05, 0) is 6.07 Å². The highest BCUT2D eigenvalue weighted by molar-refractivity contribution is 7.89. The maximum Gasteiger partial charge on any atom is 0.304 e. The van der Waals surface area contributed by atoms with Crippen molar-refractivity contribution < 1.29 is 8.42 Å². The zero-order valence-corrected chi connectivity index (χ0v) is 12.6. The van der Waals surface area contributed by atoms with Crippen LogP contribution in [0.1, 0.15) is 11.3 Å². The van der Waals surface area contributed by atoms with E-state index in [2.05, 4.69) is 9.71 Å². The van der Waals surface area contributed by atoms with Crippen LogP contribution in [0.15, 0.2) is 39.3 Å². The minimum atomic E-state index is -3.76. The third kappa shape index (κ3) is 3.31. The van der Waals surface area contributed by atoms with Crippen LogP contribution in [0, 0.1) is 0 Å². The van der Waals surface area contributed by atoms with Gasteiger partial charge in [-0.3, -0.25) is 4.79 Å². The van der Waals surface area contributed by atoms with Crippen molar-refractivity contribution >= 4 is 38.6 Å². The third-order valence-electron chi connectivity index (χ3n) is 2.47. The van der Waals surface area contributed by atoms with Crippen LogP contribution in [0.25, 0.3) is 0 Å². The number of aromatic amines is 1. The Morgan fingerprint density at radius 3 is 2.70 bits per heavy atom. The SMILES string of the molecule is NC(=S)c1ccccc1S(=O)(=O)NCc1csc(=O)[nH]1. The normalized spacial score (nSPS) is 11.4. The molecule has 0 bridgehead atoms. The Bertz CT molecular complexity index is 792. The molecule has 20 heavy (non-hydrogen) atoms. The van der Waals surface area contributed by atoms with Gasteiger partial charge in [0.2, 0.25) is 10.0 Å². The van der Waals surface area contributed by atoms with Crippen molar-refractivity contribution in [1.82, 2.24) is 9.71 Å². The average molecular weight is 329 g/mol. The Morgan fingerprint density at radius 2 is 2.10 bits per heavy atom. The first-order valence-electron chi connectivity index (χ1n) is 5.45. The van der Waals surface area contributed by atoms with Crippen molar-refractivity contribution in [3.8, 4) is 0 Å². The van der Waals surface area contributed by atoms with Gasteiger partial charge < -0.3 is 10.7 Å². The van der Waals surface area contributed by atoms with E-state index in [1.165, 1.54) is 6.07 Å². The molecule has 0 fully saturated rings. The lowest BCUT2D eigenvalue weighted by Crippen LogP contribution is -2.26. The number of sulfonamides is 1. The molecule has 0 atom stereocenters. The summed E-state index contributed by atoms with van der Waals surface area (Å²) >= 11 is 5.81. The Hall–Kier alpha value is -1.55. The van der Waals surface area contributed by atoms with E-state index < -0.39 is 10.0 Å². The molecular formula is C11H11N3O3S3. The lowest BCUT2D eigenvalue weighted by Gasteiger charge is -2.09. The monoisotopic (exact) mass is 329 g/mol. The fourth-order valence-electron chi connectivity index (χ4n) is 1.56. The van der Waals surface area contributed by atoms with Gasteiger partial charge in [0.25, 0.3) is 0 Å². The average Bonchev–Trinajstić information content (AvgIpc) is 2.82. The van der Waals surface area contributed by atoms with Gasteiger partial charge >= 0.3 is 4.87 Å². The first kappa shape index (κ1) is 14.9. The second-order valence-corrected chi connectivity index (χ2v) is 6.88. The van der Waals surface area contributed by atoms with Crippen molar-refractivity contribution in [3.63, 3.8) is 0 Å². The molecule has 2 rings (SSSR count). The highest BCUT2D eigenvalue weighted by Crippen LogP contribution is 2.15. The predicted molar refractivity (Wildman–Crippen MR) is 81.3 cm³/mol. The number of hydrogen-bond acceptors (Lipinski definition) is 5. The molecule has 0 aliphatic rings. The molecule has 0 saturated heterocycles. The summed E-state index contributed by atoms with van der Waals surface area (Å²) in [5.74, 6) is 0. The molecule has 0 unspecified atom stereocenters. The number of benzene rings is 1. The number of hydrogen-bond donors (Lipinski definition) is 3. The Kier molecular flexibility index (Phi) is 4.33. The van der Waals surface area contributed by atoms with Gasteiger partial charge in [-0.1, -0.05) is 41.8 Å². The van der Waals surface area contributed by atoms with E-state index in [4.69, 9.17) is 18.0 Å².